The van der Waals surface area contributed by atoms with E-state index in [-0.39, 0.29) is 0 Å². The molecular weight excluding hydrogens is 262 g/mol. The molecule has 1 N–H and O–H groups in total. The van der Waals surface area contributed by atoms with E-state index in [1.165, 1.54) is 29.3 Å². The first-order valence-corrected chi connectivity index (χ1v) is 6.69. The van der Waals surface area contributed by atoms with E-state index in [9.17, 15) is 0 Å². The minimum absolute atomic E-state index is 0.511. The lowest BCUT2D eigenvalue weighted by Gasteiger charge is -2.18. The molecule has 0 saturated carbocycles. The quantitative estimate of drug-likeness (QED) is 0.829. The van der Waals surface area contributed by atoms with Gasteiger partial charge in [-0.1, -0.05) is 39.7 Å². The normalized spacial score (nSPS) is 17.2. The highest BCUT2D eigenvalue weighted by molar-refractivity contribution is 9.10. The van der Waals surface area contributed by atoms with Crippen LogP contribution >= 0.6 is 15.9 Å². The van der Waals surface area contributed by atoms with E-state index in [2.05, 4.69) is 58.6 Å². The Balaban J connectivity index is 2.06. The van der Waals surface area contributed by atoms with E-state index in [0.717, 1.165) is 6.42 Å². The van der Waals surface area contributed by atoms with Crippen molar-refractivity contribution in [3.05, 3.63) is 46.0 Å². The number of allylic oxidation sites excluding steroid dienone is 1. The predicted octanol–water partition coefficient (Wildman–Crippen LogP) is 3.69. The Labute approximate surface area is 106 Å². The summed E-state index contributed by atoms with van der Waals surface area (Å²) >= 11 is 3.52. The summed E-state index contributed by atoms with van der Waals surface area (Å²) < 4.78 is 1.17. The molecule has 0 saturated heterocycles. The van der Waals surface area contributed by atoms with Crippen LogP contribution in [-0.2, 0) is 6.42 Å². The van der Waals surface area contributed by atoms with E-state index in [1.807, 2.05) is 0 Å². The van der Waals surface area contributed by atoms with Crippen LogP contribution in [0.1, 0.15) is 24.8 Å². The fourth-order valence-corrected chi connectivity index (χ4v) is 2.78. The number of rotatable bonds is 4. The molecule has 1 aromatic carbocycles. The topological polar surface area (TPSA) is 12.0 Å². The van der Waals surface area contributed by atoms with Crippen molar-refractivity contribution in [3.63, 3.8) is 0 Å². The molecule has 0 aromatic heterocycles. The van der Waals surface area contributed by atoms with Crippen LogP contribution in [0.5, 0.6) is 0 Å². The number of halogens is 1. The van der Waals surface area contributed by atoms with Crippen molar-refractivity contribution in [3.8, 4) is 0 Å². The molecule has 2 rings (SSSR count). The van der Waals surface area contributed by atoms with Crippen molar-refractivity contribution in [1.29, 1.82) is 0 Å². The molecule has 0 bridgehead atoms. The highest BCUT2D eigenvalue weighted by Gasteiger charge is 2.15. The summed E-state index contributed by atoms with van der Waals surface area (Å²) in [5.74, 6) is 0. The Morgan fingerprint density at radius 2 is 2.31 bits per heavy atom. The maximum Gasteiger partial charge on any atom is 0.0317 e. The van der Waals surface area contributed by atoms with Gasteiger partial charge in [-0.25, -0.2) is 0 Å². The second-order valence-electron chi connectivity index (χ2n) is 4.35. The van der Waals surface area contributed by atoms with Crippen LogP contribution in [0.3, 0.4) is 0 Å². The molecule has 0 spiro atoms. The van der Waals surface area contributed by atoms with E-state index >= 15 is 0 Å². The van der Waals surface area contributed by atoms with Crippen LogP contribution in [0, 0.1) is 0 Å². The molecule has 0 heterocycles. The van der Waals surface area contributed by atoms with Gasteiger partial charge in [0.2, 0.25) is 0 Å². The number of hydrogen-bond donors (Lipinski definition) is 1. The molecule has 1 unspecified atom stereocenters. The standard InChI is InChI=1S/C14H18BrN/c1-16-14(12-6-2-3-7-12)10-11-5-4-8-13(15)9-11/h4-6,8-9,14,16H,2-3,7,10H2,1H3. The molecule has 16 heavy (non-hydrogen) atoms. The van der Waals surface area contributed by atoms with E-state index in [4.69, 9.17) is 0 Å². The first-order chi connectivity index (χ1) is 7.79. The molecule has 1 aliphatic carbocycles. The third-order valence-electron chi connectivity index (χ3n) is 3.20. The maximum atomic E-state index is 3.52. The van der Waals surface area contributed by atoms with E-state index in [1.54, 1.807) is 5.57 Å². The Kier molecular flexibility index (Phi) is 4.19. The van der Waals surface area contributed by atoms with Crippen molar-refractivity contribution in [1.82, 2.24) is 5.32 Å². The largest absolute Gasteiger partial charge is 0.313 e. The summed E-state index contributed by atoms with van der Waals surface area (Å²) in [6.07, 6.45) is 7.33. The van der Waals surface area contributed by atoms with Crippen LogP contribution in [0.2, 0.25) is 0 Å². The average molecular weight is 280 g/mol. The summed E-state index contributed by atoms with van der Waals surface area (Å²) in [4.78, 5) is 0. The van der Waals surface area contributed by atoms with Gasteiger partial charge in [-0.2, -0.15) is 0 Å². The second-order valence-corrected chi connectivity index (χ2v) is 5.26. The number of benzene rings is 1. The summed E-state index contributed by atoms with van der Waals surface area (Å²) in [6.45, 7) is 0. The summed E-state index contributed by atoms with van der Waals surface area (Å²) in [7, 11) is 2.06. The summed E-state index contributed by atoms with van der Waals surface area (Å²) in [5.41, 5.74) is 2.98. The van der Waals surface area contributed by atoms with Gasteiger partial charge >= 0.3 is 0 Å². The van der Waals surface area contributed by atoms with Gasteiger partial charge < -0.3 is 5.32 Å². The maximum absolute atomic E-state index is 3.52. The number of likely N-dealkylation sites (N-methyl/N-ethyl adjacent to an activating group) is 1. The van der Waals surface area contributed by atoms with Crippen molar-refractivity contribution in [2.75, 3.05) is 7.05 Å². The van der Waals surface area contributed by atoms with Crippen LogP contribution in [0.25, 0.3) is 0 Å². The van der Waals surface area contributed by atoms with Crippen molar-refractivity contribution in [2.24, 2.45) is 0 Å². The first-order valence-electron chi connectivity index (χ1n) is 5.90. The molecule has 0 amide bonds. The average Bonchev–Trinajstić information content (AvgIpc) is 2.79. The zero-order chi connectivity index (χ0) is 11.4. The van der Waals surface area contributed by atoms with Crippen molar-refractivity contribution >= 4 is 15.9 Å². The van der Waals surface area contributed by atoms with Crippen LogP contribution < -0.4 is 5.32 Å². The van der Waals surface area contributed by atoms with Gasteiger partial charge in [-0.15, -0.1) is 0 Å². The van der Waals surface area contributed by atoms with Crippen molar-refractivity contribution < 1.29 is 0 Å². The summed E-state index contributed by atoms with van der Waals surface area (Å²) in [5, 5.41) is 3.43. The van der Waals surface area contributed by atoms with Gasteiger partial charge in [0, 0.05) is 10.5 Å². The fourth-order valence-electron chi connectivity index (χ4n) is 2.33. The lowest BCUT2D eigenvalue weighted by atomic mass is 9.98. The molecule has 86 valence electrons. The molecule has 1 aliphatic rings. The Morgan fingerprint density at radius 1 is 1.44 bits per heavy atom. The monoisotopic (exact) mass is 279 g/mol. The van der Waals surface area contributed by atoms with Crippen LogP contribution in [-0.4, -0.2) is 13.1 Å². The zero-order valence-corrected chi connectivity index (χ0v) is 11.3. The Bertz CT molecular complexity index is 384. The van der Waals surface area contributed by atoms with Crippen LogP contribution in [0.15, 0.2) is 40.4 Å². The second kappa shape index (κ2) is 5.65. The van der Waals surface area contributed by atoms with Gasteiger partial charge in [0.1, 0.15) is 0 Å². The third kappa shape index (κ3) is 2.96. The molecule has 2 heteroatoms. The lowest BCUT2D eigenvalue weighted by molar-refractivity contribution is 0.615. The molecule has 0 radical (unpaired) electrons. The minimum atomic E-state index is 0.511. The molecular formula is C14H18BrN. The number of nitrogens with one attached hydrogen (secondary N) is 1. The third-order valence-corrected chi connectivity index (χ3v) is 3.69. The zero-order valence-electron chi connectivity index (χ0n) is 9.67. The minimum Gasteiger partial charge on any atom is -0.313 e. The Morgan fingerprint density at radius 3 is 2.94 bits per heavy atom. The van der Waals surface area contributed by atoms with Gasteiger partial charge in [-0.05, 0) is 50.4 Å². The van der Waals surface area contributed by atoms with Gasteiger partial charge in [0.15, 0.2) is 0 Å². The molecule has 1 nitrogen and oxygen atoms in total. The van der Waals surface area contributed by atoms with E-state index < -0.39 is 0 Å². The van der Waals surface area contributed by atoms with Gasteiger partial charge in [0.25, 0.3) is 0 Å². The molecule has 1 aromatic rings. The van der Waals surface area contributed by atoms with E-state index in [0.29, 0.717) is 6.04 Å². The summed E-state index contributed by atoms with van der Waals surface area (Å²) in [6, 6.07) is 9.10. The molecule has 1 atom stereocenters. The molecule has 0 aliphatic heterocycles. The fraction of sp³-hybridized carbons (Fsp3) is 0.429. The van der Waals surface area contributed by atoms with Gasteiger partial charge in [-0.3, -0.25) is 0 Å². The smallest absolute Gasteiger partial charge is 0.0317 e. The van der Waals surface area contributed by atoms with Gasteiger partial charge in [0.05, 0.1) is 0 Å². The number of hydrogen-bond acceptors (Lipinski definition) is 1. The Hall–Kier alpha value is -0.600. The first kappa shape index (κ1) is 11.9. The lowest BCUT2D eigenvalue weighted by Crippen LogP contribution is -2.29. The SMILES string of the molecule is CNC(Cc1cccc(Br)c1)C1=CCCC1. The highest BCUT2D eigenvalue weighted by Crippen LogP contribution is 2.23. The predicted molar refractivity (Wildman–Crippen MR) is 72.6 cm³/mol. The van der Waals surface area contributed by atoms with Crippen molar-refractivity contribution in [2.45, 2.75) is 31.7 Å². The molecule has 0 fully saturated rings. The van der Waals surface area contributed by atoms with Crippen LogP contribution in [0.4, 0.5) is 0 Å². The highest BCUT2D eigenvalue weighted by atomic mass is 79.9.